The van der Waals surface area contributed by atoms with Crippen LogP contribution in [-0.4, -0.2) is 41.0 Å². The highest BCUT2D eigenvalue weighted by Gasteiger charge is 2.47. The van der Waals surface area contributed by atoms with Gasteiger partial charge >= 0.3 is 0 Å². The minimum atomic E-state index is -1.08. The van der Waals surface area contributed by atoms with Crippen molar-refractivity contribution in [1.82, 2.24) is 4.90 Å². The molecule has 0 saturated carbocycles. The lowest BCUT2D eigenvalue weighted by molar-refractivity contribution is -0.140. The quantitative estimate of drug-likeness (QED) is 0.416. The molecule has 2 atom stereocenters. The van der Waals surface area contributed by atoms with Gasteiger partial charge in [-0.15, -0.1) is 0 Å². The minimum absolute atomic E-state index is 0.122. The highest BCUT2D eigenvalue weighted by molar-refractivity contribution is 6.47. The van der Waals surface area contributed by atoms with Gasteiger partial charge in [0.1, 0.15) is 11.6 Å². The maximum Gasteiger partial charge on any atom is 0.295 e. The molecule has 156 valence electrons. The molecule has 5 nitrogen and oxygen atoms in total. The standard InChI is InChI=1S/C22H18Cl2FNO4/c23-15-8-7-12(10-16(15)24)20(27)18-19(14-5-1-2-6-17(14)25)26(22(29)21(18)28)11-13-4-3-9-30-13/h1-2,5-8,10,13,19,27H,3-4,9,11H2/b20-18+. The number of aliphatic hydroxyl groups is 1. The van der Waals surface area contributed by atoms with E-state index in [1.807, 2.05) is 0 Å². The van der Waals surface area contributed by atoms with E-state index in [0.717, 1.165) is 12.8 Å². The number of ketones is 1. The lowest BCUT2D eigenvalue weighted by Gasteiger charge is -2.27. The zero-order valence-corrected chi connectivity index (χ0v) is 17.3. The van der Waals surface area contributed by atoms with Crippen LogP contribution in [0.3, 0.4) is 0 Å². The van der Waals surface area contributed by atoms with E-state index < -0.39 is 29.3 Å². The van der Waals surface area contributed by atoms with Crippen molar-refractivity contribution in [3.8, 4) is 0 Å². The number of hydrogen-bond acceptors (Lipinski definition) is 4. The molecule has 4 rings (SSSR count). The topological polar surface area (TPSA) is 66.8 Å². The van der Waals surface area contributed by atoms with E-state index in [0.29, 0.717) is 6.61 Å². The largest absolute Gasteiger partial charge is 0.507 e. The van der Waals surface area contributed by atoms with Gasteiger partial charge in [0, 0.05) is 24.3 Å². The zero-order valence-electron chi connectivity index (χ0n) is 15.8. The fraction of sp³-hybridized carbons (Fsp3) is 0.273. The Morgan fingerprint density at radius 1 is 1.17 bits per heavy atom. The van der Waals surface area contributed by atoms with Gasteiger partial charge in [-0.25, -0.2) is 4.39 Å². The highest BCUT2D eigenvalue weighted by atomic mass is 35.5. The van der Waals surface area contributed by atoms with E-state index in [9.17, 15) is 19.1 Å². The molecule has 2 aliphatic rings. The van der Waals surface area contributed by atoms with Crippen LogP contribution in [0.1, 0.15) is 30.0 Å². The number of rotatable bonds is 4. The summed E-state index contributed by atoms with van der Waals surface area (Å²) in [5, 5.41) is 11.4. The third-order valence-corrected chi connectivity index (χ3v) is 6.10. The minimum Gasteiger partial charge on any atom is -0.507 e. The number of likely N-dealkylation sites (tertiary alicyclic amines) is 1. The Bertz CT molecular complexity index is 1050. The number of nitrogens with zero attached hydrogens (tertiary/aromatic N) is 1. The van der Waals surface area contributed by atoms with Crippen molar-refractivity contribution in [3.05, 3.63) is 75.0 Å². The van der Waals surface area contributed by atoms with Gasteiger partial charge in [-0.3, -0.25) is 9.59 Å². The van der Waals surface area contributed by atoms with Crippen LogP contribution >= 0.6 is 23.2 Å². The maximum absolute atomic E-state index is 14.7. The first kappa shape index (κ1) is 20.8. The second-order valence-corrected chi connectivity index (χ2v) is 8.05. The molecule has 0 radical (unpaired) electrons. The molecule has 0 aromatic heterocycles. The summed E-state index contributed by atoms with van der Waals surface area (Å²) in [6.45, 7) is 0.698. The van der Waals surface area contributed by atoms with Gasteiger partial charge in [-0.05, 0) is 37.1 Å². The van der Waals surface area contributed by atoms with Gasteiger partial charge < -0.3 is 14.7 Å². The van der Waals surface area contributed by atoms with Gasteiger partial charge in [0.15, 0.2) is 0 Å². The molecule has 30 heavy (non-hydrogen) atoms. The van der Waals surface area contributed by atoms with Crippen LogP contribution in [-0.2, 0) is 14.3 Å². The number of halogens is 3. The van der Waals surface area contributed by atoms with Crippen LogP contribution in [0.4, 0.5) is 4.39 Å². The van der Waals surface area contributed by atoms with Gasteiger partial charge in [0.05, 0.1) is 27.8 Å². The van der Waals surface area contributed by atoms with Crippen LogP contribution in [0, 0.1) is 5.82 Å². The third-order valence-electron chi connectivity index (χ3n) is 5.36. The summed E-state index contributed by atoms with van der Waals surface area (Å²) >= 11 is 12.0. The monoisotopic (exact) mass is 449 g/mol. The number of aliphatic hydroxyl groups excluding tert-OH is 1. The summed E-state index contributed by atoms with van der Waals surface area (Å²) in [6, 6.07) is 9.15. The lowest BCUT2D eigenvalue weighted by atomic mass is 9.95. The Hall–Kier alpha value is -2.41. The van der Waals surface area contributed by atoms with Crippen molar-refractivity contribution < 1.29 is 23.8 Å². The van der Waals surface area contributed by atoms with Gasteiger partial charge in [-0.2, -0.15) is 0 Å². The van der Waals surface area contributed by atoms with Crippen molar-refractivity contribution in [3.63, 3.8) is 0 Å². The van der Waals surface area contributed by atoms with E-state index in [1.54, 1.807) is 6.07 Å². The average molecular weight is 450 g/mol. The van der Waals surface area contributed by atoms with Crippen molar-refractivity contribution in [2.45, 2.75) is 25.0 Å². The predicted octanol–water partition coefficient (Wildman–Crippen LogP) is 4.73. The Labute approximate surface area is 182 Å². The molecule has 0 bridgehead atoms. The third kappa shape index (κ3) is 3.71. The van der Waals surface area contributed by atoms with Crippen LogP contribution in [0.5, 0.6) is 0 Å². The number of benzene rings is 2. The lowest BCUT2D eigenvalue weighted by Crippen LogP contribution is -2.36. The maximum atomic E-state index is 14.7. The fourth-order valence-electron chi connectivity index (χ4n) is 3.90. The molecule has 2 aromatic carbocycles. The van der Waals surface area contributed by atoms with E-state index >= 15 is 0 Å². The van der Waals surface area contributed by atoms with Crippen LogP contribution in [0.25, 0.3) is 5.76 Å². The predicted molar refractivity (Wildman–Crippen MR) is 111 cm³/mol. The molecule has 1 amide bonds. The summed E-state index contributed by atoms with van der Waals surface area (Å²) in [7, 11) is 0. The first-order chi connectivity index (χ1) is 14.4. The second kappa shape index (κ2) is 8.38. The Morgan fingerprint density at radius 3 is 2.60 bits per heavy atom. The Balaban J connectivity index is 1.86. The molecule has 2 aromatic rings. The summed E-state index contributed by atoms with van der Waals surface area (Å²) < 4.78 is 20.3. The second-order valence-electron chi connectivity index (χ2n) is 7.24. The van der Waals surface area contributed by atoms with Crippen molar-refractivity contribution in [1.29, 1.82) is 0 Å². The molecule has 0 spiro atoms. The smallest absolute Gasteiger partial charge is 0.295 e. The SMILES string of the molecule is O=C1C(=O)N(CC2CCCO2)C(c2ccccc2F)/C1=C(\O)c1ccc(Cl)c(Cl)c1. The number of carbonyl (C=O) groups is 2. The zero-order chi connectivity index (χ0) is 21.4. The van der Waals surface area contributed by atoms with Crippen molar-refractivity contribution in [2.24, 2.45) is 0 Å². The normalized spacial score (nSPS) is 23.4. The van der Waals surface area contributed by atoms with E-state index in [1.165, 1.54) is 41.3 Å². The molecule has 8 heteroatoms. The summed E-state index contributed by atoms with van der Waals surface area (Å²) in [4.78, 5) is 27.1. The van der Waals surface area contributed by atoms with E-state index in [2.05, 4.69) is 0 Å². The molecule has 2 heterocycles. The van der Waals surface area contributed by atoms with Gasteiger partial charge in [0.2, 0.25) is 0 Å². The molecular weight excluding hydrogens is 432 g/mol. The molecule has 2 unspecified atom stereocenters. The van der Waals surface area contributed by atoms with Crippen LogP contribution in [0.15, 0.2) is 48.0 Å². The molecule has 2 saturated heterocycles. The van der Waals surface area contributed by atoms with Crippen LogP contribution < -0.4 is 0 Å². The summed E-state index contributed by atoms with van der Waals surface area (Å²) in [6.07, 6.45) is 1.34. The van der Waals surface area contributed by atoms with E-state index in [4.69, 9.17) is 27.9 Å². The average Bonchev–Trinajstić information content (AvgIpc) is 3.32. The number of carbonyl (C=O) groups excluding carboxylic acids is 2. The Morgan fingerprint density at radius 2 is 1.93 bits per heavy atom. The molecular formula is C22H18Cl2FNO4. The first-order valence-electron chi connectivity index (χ1n) is 9.48. The molecule has 0 aliphatic carbocycles. The summed E-state index contributed by atoms with van der Waals surface area (Å²) in [5.74, 6) is -2.71. The molecule has 2 fully saturated rings. The number of ether oxygens (including phenoxy) is 1. The highest BCUT2D eigenvalue weighted by Crippen LogP contribution is 2.41. The van der Waals surface area contributed by atoms with Gasteiger partial charge in [0.25, 0.3) is 11.7 Å². The van der Waals surface area contributed by atoms with E-state index in [-0.39, 0.29) is 39.4 Å². The fourth-order valence-corrected chi connectivity index (χ4v) is 4.19. The number of hydrogen-bond donors (Lipinski definition) is 1. The number of Topliss-reactive ketones (excluding diaryl/α,β-unsaturated/α-hetero) is 1. The molecule has 1 N–H and O–H groups in total. The van der Waals surface area contributed by atoms with Crippen molar-refractivity contribution in [2.75, 3.05) is 13.2 Å². The molecule has 2 aliphatic heterocycles. The summed E-state index contributed by atoms with van der Waals surface area (Å²) in [5.41, 5.74) is 0.138. The Kier molecular flexibility index (Phi) is 5.82. The van der Waals surface area contributed by atoms with Crippen molar-refractivity contribution >= 4 is 40.7 Å². The van der Waals surface area contributed by atoms with Crippen LogP contribution in [0.2, 0.25) is 10.0 Å². The first-order valence-corrected chi connectivity index (χ1v) is 10.2. The number of amides is 1. The van der Waals surface area contributed by atoms with Gasteiger partial charge in [-0.1, -0.05) is 41.4 Å².